The molecule has 142 valence electrons. The monoisotopic (exact) mass is 410 g/mol. The molecule has 1 fully saturated rings. The van der Waals surface area contributed by atoms with Crippen molar-refractivity contribution < 1.29 is 8.42 Å². The molecule has 0 aliphatic carbocycles. The average Bonchev–Trinajstić information content (AvgIpc) is 3.39. The SMILES string of the molecule is N#CC1CCCN1S(=O)(=O)c1ccc(Nc2nc(-c3ccccc3)cs2)cc1. The van der Waals surface area contributed by atoms with Crippen molar-refractivity contribution in [1.29, 1.82) is 5.26 Å². The predicted octanol–water partition coefficient (Wildman–Crippen LogP) is 4.23. The molecular weight excluding hydrogens is 392 g/mol. The highest BCUT2D eigenvalue weighted by molar-refractivity contribution is 7.89. The molecule has 0 bridgehead atoms. The van der Waals surface area contributed by atoms with Crippen LogP contribution in [0.15, 0.2) is 64.9 Å². The highest BCUT2D eigenvalue weighted by Gasteiger charge is 2.35. The lowest BCUT2D eigenvalue weighted by molar-refractivity contribution is 0.437. The number of thiazole rings is 1. The zero-order valence-electron chi connectivity index (χ0n) is 14.9. The summed E-state index contributed by atoms with van der Waals surface area (Å²) in [6, 6.07) is 18.0. The number of benzene rings is 2. The fourth-order valence-electron chi connectivity index (χ4n) is 3.20. The van der Waals surface area contributed by atoms with E-state index in [1.165, 1.54) is 15.6 Å². The molecule has 1 aliphatic heterocycles. The van der Waals surface area contributed by atoms with Gasteiger partial charge < -0.3 is 5.32 Å². The maximum atomic E-state index is 12.8. The quantitative estimate of drug-likeness (QED) is 0.680. The van der Waals surface area contributed by atoms with Gasteiger partial charge in [0, 0.05) is 23.2 Å². The third kappa shape index (κ3) is 3.64. The molecule has 2 aromatic carbocycles. The molecule has 28 heavy (non-hydrogen) atoms. The van der Waals surface area contributed by atoms with E-state index < -0.39 is 16.1 Å². The van der Waals surface area contributed by atoms with Crippen LogP contribution in [0.3, 0.4) is 0 Å². The van der Waals surface area contributed by atoms with Crippen molar-refractivity contribution in [3.8, 4) is 17.3 Å². The maximum Gasteiger partial charge on any atom is 0.244 e. The summed E-state index contributed by atoms with van der Waals surface area (Å²) in [6.45, 7) is 0.391. The smallest absolute Gasteiger partial charge is 0.244 e. The Morgan fingerprint density at radius 3 is 2.61 bits per heavy atom. The zero-order valence-corrected chi connectivity index (χ0v) is 16.6. The Morgan fingerprint density at radius 2 is 1.89 bits per heavy atom. The van der Waals surface area contributed by atoms with Gasteiger partial charge in [-0.25, -0.2) is 13.4 Å². The standard InChI is InChI=1S/C20H18N4O2S2/c21-13-17-7-4-12-24(17)28(25,26)18-10-8-16(9-11-18)22-20-23-19(14-27-20)15-5-2-1-3-6-15/h1-3,5-6,8-11,14,17H,4,7,12H2,(H,22,23). The highest BCUT2D eigenvalue weighted by Crippen LogP contribution is 2.29. The predicted molar refractivity (Wildman–Crippen MR) is 110 cm³/mol. The van der Waals surface area contributed by atoms with Gasteiger partial charge in [0.05, 0.1) is 16.7 Å². The highest BCUT2D eigenvalue weighted by atomic mass is 32.2. The number of rotatable bonds is 5. The molecule has 1 saturated heterocycles. The van der Waals surface area contributed by atoms with Crippen LogP contribution in [0.2, 0.25) is 0 Å². The molecule has 2 heterocycles. The first-order chi connectivity index (χ1) is 13.6. The normalized spacial score (nSPS) is 17.3. The van der Waals surface area contributed by atoms with Gasteiger partial charge in [-0.2, -0.15) is 9.57 Å². The van der Waals surface area contributed by atoms with Crippen molar-refractivity contribution in [1.82, 2.24) is 9.29 Å². The van der Waals surface area contributed by atoms with Crippen molar-refractivity contribution in [2.75, 3.05) is 11.9 Å². The Bertz CT molecular complexity index is 1100. The molecule has 1 aromatic heterocycles. The second-order valence-electron chi connectivity index (χ2n) is 6.46. The summed E-state index contributed by atoms with van der Waals surface area (Å²) < 4.78 is 26.8. The van der Waals surface area contributed by atoms with Crippen LogP contribution in [0, 0.1) is 11.3 Å². The molecule has 0 radical (unpaired) electrons. The average molecular weight is 411 g/mol. The minimum Gasteiger partial charge on any atom is -0.332 e. The van der Waals surface area contributed by atoms with E-state index in [1.807, 2.05) is 35.7 Å². The van der Waals surface area contributed by atoms with Crippen LogP contribution in [0.1, 0.15) is 12.8 Å². The van der Waals surface area contributed by atoms with Crippen molar-refractivity contribution in [3.05, 3.63) is 60.0 Å². The van der Waals surface area contributed by atoms with Gasteiger partial charge in [0.15, 0.2) is 5.13 Å². The first-order valence-electron chi connectivity index (χ1n) is 8.87. The van der Waals surface area contributed by atoms with Gasteiger partial charge in [-0.3, -0.25) is 0 Å². The fourth-order valence-corrected chi connectivity index (χ4v) is 5.55. The molecular formula is C20H18N4O2S2. The van der Waals surface area contributed by atoms with Crippen LogP contribution >= 0.6 is 11.3 Å². The lowest BCUT2D eigenvalue weighted by Gasteiger charge is -2.19. The Labute approximate surface area is 168 Å². The van der Waals surface area contributed by atoms with Gasteiger partial charge in [-0.05, 0) is 37.1 Å². The van der Waals surface area contributed by atoms with Gasteiger partial charge in [-0.15, -0.1) is 11.3 Å². The number of hydrogen-bond donors (Lipinski definition) is 1. The summed E-state index contributed by atoms with van der Waals surface area (Å²) in [4.78, 5) is 4.77. The summed E-state index contributed by atoms with van der Waals surface area (Å²) in [6.07, 6.45) is 1.30. The number of nitriles is 1. The number of anilines is 2. The minimum atomic E-state index is -3.65. The van der Waals surface area contributed by atoms with Gasteiger partial charge in [-0.1, -0.05) is 30.3 Å². The number of hydrogen-bond acceptors (Lipinski definition) is 6. The van der Waals surface area contributed by atoms with Gasteiger partial charge in [0.2, 0.25) is 10.0 Å². The lowest BCUT2D eigenvalue weighted by atomic mass is 10.2. The molecule has 0 saturated carbocycles. The molecule has 1 aliphatic rings. The van der Waals surface area contributed by atoms with Crippen LogP contribution in [0.25, 0.3) is 11.3 Å². The zero-order chi connectivity index (χ0) is 19.6. The Balaban J connectivity index is 1.50. The van der Waals surface area contributed by atoms with Crippen LogP contribution in [-0.2, 0) is 10.0 Å². The third-order valence-corrected chi connectivity index (χ3v) is 7.32. The van der Waals surface area contributed by atoms with Crippen LogP contribution in [0.4, 0.5) is 10.8 Å². The van der Waals surface area contributed by atoms with E-state index in [0.717, 1.165) is 22.1 Å². The Kier molecular flexibility index (Phi) is 5.13. The topological polar surface area (TPSA) is 86.1 Å². The Hall–Kier alpha value is -2.73. The summed E-state index contributed by atoms with van der Waals surface area (Å²) in [5.41, 5.74) is 2.70. The summed E-state index contributed by atoms with van der Waals surface area (Å²) in [5.74, 6) is 0. The second kappa shape index (κ2) is 7.72. The first kappa shape index (κ1) is 18.6. The van der Waals surface area contributed by atoms with E-state index in [2.05, 4.69) is 16.4 Å². The molecule has 1 unspecified atom stereocenters. The number of nitrogens with zero attached hydrogens (tertiary/aromatic N) is 3. The molecule has 1 N–H and O–H groups in total. The van der Waals surface area contributed by atoms with Crippen LogP contribution in [0.5, 0.6) is 0 Å². The minimum absolute atomic E-state index is 0.198. The third-order valence-electron chi connectivity index (χ3n) is 4.64. The van der Waals surface area contributed by atoms with E-state index in [4.69, 9.17) is 5.26 Å². The Morgan fingerprint density at radius 1 is 1.14 bits per heavy atom. The van der Waals surface area contributed by atoms with Gasteiger partial charge in [0.1, 0.15) is 6.04 Å². The molecule has 3 aromatic rings. The first-order valence-corrected chi connectivity index (χ1v) is 11.2. The van der Waals surface area contributed by atoms with Gasteiger partial charge in [0.25, 0.3) is 0 Å². The van der Waals surface area contributed by atoms with Crippen molar-refractivity contribution in [3.63, 3.8) is 0 Å². The summed E-state index contributed by atoms with van der Waals surface area (Å²) in [7, 11) is -3.65. The largest absolute Gasteiger partial charge is 0.332 e. The molecule has 1 atom stereocenters. The van der Waals surface area contributed by atoms with Crippen LogP contribution < -0.4 is 5.32 Å². The molecule has 0 amide bonds. The molecule has 6 nitrogen and oxygen atoms in total. The van der Waals surface area contributed by atoms with Crippen molar-refractivity contribution in [2.45, 2.75) is 23.8 Å². The van der Waals surface area contributed by atoms with E-state index in [1.54, 1.807) is 24.3 Å². The summed E-state index contributed by atoms with van der Waals surface area (Å²) >= 11 is 1.49. The second-order valence-corrected chi connectivity index (χ2v) is 9.20. The van der Waals surface area contributed by atoms with Crippen molar-refractivity contribution in [2.24, 2.45) is 0 Å². The lowest BCUT2D eigenvalue weighted by Crippen LogP contribution is -2.34. The molecule has 8 heteroatoms. The number of aromatic nitrogens is 1. The fraction of sp³-hybridized carbons (Fsp3) is 0.200. The van der Waals surface area contributed by atoms with E-state index in [9.17, 15) is 8.42 Å². The molecule has 4 rings (SSSR count). The van der Waals surface area contributed by atoms with Crippen molar-refractivity contribution >= 4 is 32.2 Å². The van der Waals surface area contributed by atoms with Crippen LogP contribution in [-0.4, -0.2) is 30.3 Å². The van der Waals surface area contributed by atoms with E-state index >= 15 is 0 Å². The van der Waals surface area contributed by atoms with E-state index in [0.29, 0.717) is 19.4 Å². The summed E-state index contributed by atoms with van der Waals surface area (Å²) in [5, 5.41) is 15.1. The number of nitrogens with one attached hydrogen (secondary N) is 1. The molecule has 0 spiro atoms. The maximum absolute atomic E-state index is 12.8. The number of sulfonamides is 1. The van der Waals surface area contributed by atoms with E-state index in [-0.39, 0.29) is 4.90 Å². The van der Waals surface area contributed by atoms with Gasteiger partial charge >= 0.3 is 0 Å².